The number of likely N-dealkylation sites (tertiary alicyclic amines) is 1. The second kappa shape index (κ2) is 10.8. The predicted octanol–water partition coefficient (Wildman–Crippen LogP) is 5.25. The molecule has 1 saturated carbocycles. The van der Waals surface area contributed by atoms with Crippen LogP contribution in [0.25, 0.3) is 0 Å². The Balaban J connectivity index is 1.51. The third kappa shape index (κ3) is 5.71. The van der Waals surface area contributed by atoms with Crippen LogP contribution in [0.1, 0.15) is 67.8 Å². The zero-order valence-electron chi connectivity index (χ0n) is 20.7. The lowest BCUT2D eigenvalue weighted by molar-refractivity contribution is -0.144. The molecule has 2 heterocycles. The summed E-state index contributed by atoms with van der Waals surface area (Å²) in [6.07, 6.45) is 10.2. The van der Waals surface area contributed by atoms with Gasteiger partial charge in [0.15, 0.2) is 0 Å². The summed E-state index contributed by atoms with van der Waals surface area (Å²) in [4.78, 5) is 34.3. The van der Waals surface area contributed by atoms with Gasteiger partial charge in [0.05, 0.1) is 5.56 Å². The van der Waals surface area contributed by atoms with Crippen molar-refractivity contribution in [3.05, 3.63) is 65.5 Å². The van der Waals surface area contributed by atoms with Gasteiger partial charge in [-0.05, 0) is 61.8 Å². The Morgan fingerprint density at radius 3 is 2.49 bits per heavy atom. The van der Waals surface area contributed by atoms with Gasteiger partial charge >= 0.3 is 0 Å². The Kier molecular flexibility index (Phi) is 7.82. The van der Waals surface area contributed by atoms with Crippen molar-refractivity contribution in [3.63, 3.8) is 0 Å². The van der Waals surface area contributed by atoms with Crippen LogP contribution in [-0.4, -0.2) is 52.8 Å². The van der Waals surface area contributed by atoms with Crippen molar-refractivity contribution in [2.45, 2.75) is 64.3 Å². The van der Waals surface area contributed by atoms with Gasteiger partial charge in [-0.1, -0.05) is 32.3 Å². The van der Waals surface area contributed by atoms with Crippen LogP contribution in [0.4, 0.5) is 8.78 Å². The number of likely N-dealkylation sites (N-methyl/N-ethyl adjacent to an activating group) is 1. The van der Waals surface area contributed by atoms with Crippen molar-refractivity contribution in [2.24, 2.45) is 11.3 Å². The number of halogens is 2. The highest BCUT2D eigenvalue weighted by Gasteiger charge is 2.40. The van der Waals surface area contributed by atoms with Gasteiger partial charge in [-0.2, -0.15) is 0 Å². The van der Waals surface area contributed by atoms with Crippen molar-refractivity contribution in [2.75, 3.05) is 20.1 Å². The smallest absolute Gasteiger partial charge is 0.255 e. The largest absolute Gasteiger partial charge is 0.342 e. The SMILES string of the molecule is CN(C(=O)c1cccnc1)[C@H](Cc1ccc(F)cc1F)C1CCN(C(=O)C2(C)CCCCC2)CC1. The summed E-state index contributed by atoms with van der Waals surface area (Å²) in [5.74, 6) is -1.07. The summed E-state index contributed by atoms with van der Waals surface area (Å²) in [7, 11) is 1.74. The van der Waals surface area contributed by atoms with E-state index < -0.39 is 11.6 Å². The lowest BCUT2D eigenvalue weighted by Crippen LogP contribution is -2.51. The molecule has 0 unspecified atom stereocenters. The molecule has 0 N–H and O–H groups in total. The molecule has 5 nitrogen and oxygen atoms in total. The van der Waals surface area contributed by atoms with Crippen LogP contribution in [0, 0.1) is 23.0 Å². The fraction of sp³-hybridized carbons (Fsp3) is 0.536. The van der Waals surface area contributed by atoms with E-state index in [4.69, 9.17) is 0 Å². The third-order valence-corrected chi connectivity index (χ3v) is 8.01. The molecule has 0 spiro atoms. The highest BCUT2D eigenvalue weighted by atomic mass is 19.1. The maximum atomic E-state index is 14.6. The summed E-state index contributed by atoms with van der Waals surface area (Å²) in [5.41, 5.74) is 0.585. The lowest BCUT2D eigenvalue weighted by atomic mass is 9.74. The quantitative estimate of drug-likeness (QED) is 0.564. The van der Waals surface area contributed by atoms with Gasteiger partial charge in [-0.15, -0.1) is 0 Å². The molecule has 188 valence electrons. The maximum Gasteiger partial charge on any atom is 0.255 e. The first kappa shape index (κ1) is 25.3. The molecule has 35 heavy (non-hydrogen) atoms. The highest BCUT2D eigenvalue weighted by molar-refractivity contribution is 5.94. The van der Waals surface area contributed by atoms with Gasteiger partial charge in [0.2, 0.25) is 5.91 Å². The fourth-order valence-electron chi connectivity index (χ4n) is 5.79. The number of hydrogen-bond acceptors (Lipinski definition) is 3. The lowest BCUT2D eigenvalue weighted by Gasteiger charge is -2.43. The molecule has 2 aromatic rings. The minimum absolute atomic E-state index is 0.0910. The number of carbonyl (C=O) groups excluding carboxylic acids is 2. The molecule has 1 atom stereocenters. The van der Waals surface area contributed by atoms with Crippen LogP contribution in [-0.2, 0) is 11.2 Å². The van der Waals surface area contributed by atoms with E-state index >= 15 is 0 Å². The van der Waals surface area contributed by atoms with E-state index in [2.05, 4.69) is 11.9 Å². The number of amides is 2. The van der Waals surface area contributed by atoms with Crippen LogP contribution >= 0.6 is 0 Å². The highest BCUT2D eigenvalue weighted by Crippen LogP contribution is 2.39. The van der Waals surface area contributed by atoms with E-state index in [0.29, 0.717) is 24.2 Å². The normalized spacial score (nSPS) is 19.3. The van der Waals surface area contributed by atoms with Crippen LogP contribution < -0.4 is 0 Å². The van der Waals surface area contributed by atoms with E-state index in [1.54, 1.807) is 30.3 Å². The molecule has 1 aromatic carbocycles. The van der Waals surface area contributed by atoms with E-state index in [-0.39, 0.29) is 35.6 Å². The molecular formula is C28H35F2N3O2. The van der Waals surface area contributed by atoms with Gasteiger partial charge in [0.25, 0.3) is 5.91 Å². The van der Waals surface area contributed by atoms with Crippen molar-refractivity contribution >= 4 is 11.8 Å². The molecule has 1 saturated heterocycles. The van der Waals surface area contributed by atoms with Crippen LogP contribution in [0.3, 0.4) is 0 Å². The Morgan fingerprint density at radius 1 is 1.14 bits per heavy atom. The Hall–Kier alpha value is -2.83. The van der Waals surface area contributed by atoms with Gasteiger partial charge in [-0.3, -0.25) is 14.6 Å². The van der Waals surface area contributed by atoms with E-state index in [0.717, 1.165) is 44.6 Å². The van der Waals surface area contributed by atoms with Crippen molar-refractivity contribution in [3.8, 4) is 0 Å². The number of benzene rings is 1. The van der Waals surface area contributed by atoms with Gasteiger partial charge in [0, 0.05) is 50.1 Å². The molecule has 1 aromatic heterocycles. The Bertz CT molecular complexity index is 1030. The predicted molar refractivity (Wildman–Crippen MR) is 131 cm³/mol. The van der Waals surface area contributed by atoms with Crippen LogP contribution in [0.15, 0.2) is 42.7 Å². The van der Waals surface area contributed by atoms with E-state index in [1.807, 2.05) is 4.90 Å². The first-order chi connectivity index (χ1) is 16.8. The molecule has 2 amide bonds. The van der Waals surface area contributed by atoms with Crippen LogP contribution in [0.2, 0.25) is 0 Å². The maximum absolute atomic E-state index is 14.6. The molecule has 0 radical (unpaired) electrons. The third-order valence-electron chi connectivity index (χ3n) is 8.01. The summed E-state index contributed by atoms with van der Waals surface area (Å²) in [5, 5.41) is 0. The summed E-state index contributed by atoms with van der Waals surface area (Å²) in [6, 6.07) is 6.75. The fourth-order valence-corrected chi connectivity index (χ4v) is 5.79. The van der Waals surface area contributed by atoms with Gasteiger partial charge < -0.3 is 9.80 Å². The monoisotopic (exact) mass is 483 g/mol. The Morgan fingerprint density at radius 2 is 1.86 bits per heavy atom. The van der Waals surface area contributed by atoms with Crippen molar-refractivity contribution < 1.29 is 18.4 Å². The molecule has 4 rings (SSSR count). The topological polar surface area (TPSA) is 53.5 Å². The van der Waals surface area contributed by atoms with Crippen molar-refractivity contribution in [1.29, 1.82) is 0 Å². The minimum atomic E-state index is -0.620. The molecule has 2 fully saturated rings. The minimum Gasteiger partial charge on any atom is -0.342 e. The van der Waals surface area contributed by atoms with Crippen LogP contribution in [0.5, 0.6) is 0 Å². The second-order valence-electron chi connectivity index (χ2n) is 10.4. The number of hydrogen-bond donors (Lipinski definition) is 0. The number of carbonyl (C=O) groups is 2. The molecule has 7 heteroatoms. The first-order valence-corrected chi connectivity index (χ1v) is 12.7. The average molecular weight is 484 g/mol. The molecule has 1 aliphatic heterocycles. The molecular weight excluding hydrogens is 448 g/mol. The van der Waals surface area contributed by atoms with Crippen molar-refractivity contribution in [1.82, 2.24) is 14.8 Å². The van der Waals surface area contributed by atoms with E-state index in [1.165, 1.54) is 24.8 Å². The number of piperidine rings is 1. The zero-order chi connectivity index (χ0) is 25.0. The van der Waals surface area contributed by atoms with Gasteiger partial charge in [0.1, 0.15) is 11.6 Å². The number of nitrogens with zero attached hydrogens (tertiary/aromatic N) is 3. The zero-order valence-corrected chi connectivity index (χ0v) is 20.7. The second-order valence-corrected chi connectivity index (χ2v) is 10.4. The standard InChI is InChI=1S/C28H35F2N3O2/c1-28(12-4-3-5-13-28)27(35)33-15-10-20(11-16-33)25(17-21-8-9-23(29)18-24(21)30)32(2)26(34)22-7-6-14-31-19-22/h6-9,14,18-20,25H,3-5,10-13,15-17H2,1-2H3/t25-/m1/s1. The average Bonchev–Trinajstić information content (AvgIpc) is 2.88. The Labute approximate surface area is 206 Å². The van der Waals surface area contributed by atoms with Gasteiger partial charge in [-0.25, -0.2) is 8.78 Å². The van der Waals surface area contributed by atoms with E-state index in [9.17, 15) is 18.4 Å². The number of aromatic nitrogens is 1. The summed E-state index contributed by atoms with van der Waals surface area (Å²) < 4.78 is 28.1. The number of rotatable bonds is 6. The summed E-state index contributed by atoms with van der Waals surface area (Å²) >= 11 is 0. The summed E-state index contributed by atoms with van der Waals surface area (Å²) in [6.45, 7) is 3.37. The molecule has 2 aliphatic rings. The molecule has 0 bridgehead atoms. The number of pyridine rings is 1. The molecule has 1 aliphatic carbocycles. The first-order valence-electron chi connectivity index (χ1n) is 12.7.